The molecular formula is C18H20ClNO4. The molecule has 128 valence electrons. The first kappa shape index (κ1) is 17.9. The maximum absolute atomic E-state index is 12.0. The van der Waals surface area contributed by atoms with Crippen molar-refractivity contribution in [3.8, 4) is 17.2 Å². The zero-order valence-electron chi connectivity index (χ0n) is 13.7. The SMILES string of the molecule is COc1ccc(NC(=O)CCCOc2ccc(Cl)cc2)c(OC)c1. The van der Waals surface area contributed by atoms with Gasteiger partial charge in [0.1, 0.15) is 17.2 Å². The summed E-state index contributed by atoms with van der Waals surface area (Å²) in [4.78, 5) is 12.0. The molecule has 0 saturated heterocycles. The standard InChI is InChI=1S/C18H20ClNO4/c1-22-15-9-10-16(17(12-15)23-2)20-18(21)4-3-11-24-14-7-5-13(19)6-8-14/h5-10,12H,3-4,11H2,1-2H3,(H,20,21). The number of amides is 1. The van der Waals surface area contributed by atoms with Gasteiger partial charge in [-0.05, 0) is 42.8 Å². The van der Waals surface area contributed by atoms with Crippen LogP contribution in [0.1, 0.15) is 12.8 Å². The Balaban J connectivity index is 1.78. The fourth-order valence-corrected chi connectivity index (χ4v) is 2.19. The molecule has 0 heterocycles. The van der Waals surface area contributed by atoms with E-state index in [1.807, 2.05) is 0 Å². The van der Waals surface area contributed by atoms with E-state index in [9.17, 15) is 4.79 Å². The van der Waals surface area contributed by atoms with E-state index in [1.165, 1.54) is 0 Å². The highest BCUT2D eigenvalue weighted by atomic mass is 35.5. The lowest BCUT2D eigenvalue weighted by molar-refractivity contribution is -0.116. The van der Waals surface area contributed by atoms with Crippen LogP contribution in [0, 0.1) is 0 Å². The minimum atomic E-state index is -0.0989. The molecular weight excluding hydrogens is 330 g/mol. The number of carbonyl (C=O) groups is 1. The smallest absolute Gasteiger partial charge is 0.224 e. The minimum Gasteiger partial charge on any atom is -0.497 e. The van der Waals surface area contributed by atoms with Gasteiger partial charge in [-0.3, -0.25) is 4.79 Å². The zero-order chi connectivity index (χ0) is 17.4. The number of methoxy groups -OCH3 is 2. The molecule has 0 atom stereocenters. The van der Waals surface area contributed by atoms with Gasteiger partial charge in [-0.15, -0.1) is 0 Å². The molecule has 0 bridgehead atoms. The molecule has 0 aliphatic carbocycles. The molecule has 5 nitrogen and oxygen atoms in total. The summed E-state index contributed by atoms with van der Waals surface area (Å²) in [6.07, 6.45) is 0.954. The monoisotopic (exact) mass is 349 g/mol. The van der Waals surface area contributed by atoms with Crippen LogP contribution in [-0.4, -0.2) is 26.7 Å². The molecule has 0 unspecified atom stereocenters. The first-order valence-electron chi connectivity index (χ1n) is 7.52. The maximum Gasteiger partial charge on any atom is 0.224 e. The molecule has 24 heavy (non-hydrogen) atoms. The van der Waals surface area contributed by atoms with Crippen LogP contribution in [0.4, 0.5) is 5.69 Å². The lowest BCUT2D eigenvalue weighted by atomic mass is 10.2. The van der Waals surface area contributed by atoms with E-state index in [4.69, 9.17) is 25.8 Å². The molecule has 0 spiro atoms. The molecule has 0 aliphatic heterocycles. The van der Waals surface area contributed by atoms with Gasteiger partial charge >= 0.3 is 0 Å². The average molecular weight is 350 g/mol. The van der Waals surface area contributed by atoms with Crippen molar-refractivity contribution in [3.05, 3.63) is 47.5 Å². The van der Waals surface area contributed by atoms with E-state index in [-0.39, 0.29) is 5.91 Å². The first-order valence-corrected chi connectivity index (χ1v) is 7.90. The molecule has 2 rings (SSSR count). The minimum absolute atomic E-state index is 0.0989. The summed E-state index contributed by atoms with van der Waals surface area (Å²) < 4.78 is 15.9. The third-order valence-corrected chi connectivity index (χ3v) is 3.57. The summed E-state index contributed by atoms with van der Waals surface area (Å²) in [6, 6.07) is 12.4. The predicted octanol–water partition coefficient (Wildman–Crippen LogP) is 4.15. The molecule has 1 N–H and O–H groups in total. The van der Waals surface area contributed by atoms with Gasteiger partial charge in [-0.2, -0.15) is 0 Å². The highest BCUT2D eigenvalue weighted by Crippen LogP contribution is 2.29. The Morgan fingerprint density at radius 1 is 1.04 bits per heavy atom. The number of rotatable bonds is 8. The molecule has 0 aliphatic rings. The van der Waals surface area contributed by atoms with Gasteiger partial charge in [0.05, 0.1) is 26.5 Å². The molecule has 0 radical (unpaired) electrons. The Kier molecular flexibility index (Phi) is 6.75. The van der Waals surface area contributed by atoms with Gasteiger partial charge in [0.2, 0.25) is 5.91 Å². The van der Waals surface area contributed by atoms with Crippen molar-refractivity contribution in [2.75, 3.05) is 26.1 Å². The summed E-state index contributed by atoms with van der Waals surface area (Å²) in [5, 5.41) is 3.49. The molecule has 2 aromatic carbocycles. The Bertz CT molecular complexity index is 673. The van der Waals surface area contributed by atoms with Crippen molar-refractivity contribution in [1.29, 1.82) is 0 Å². The Hall–Kier alpha value is -2.40. The molecule has 2 aromatic rings. The topological polar surface area (TPSA) is 56.8 Å². The number of nitrogens with one attached hydrogen (secondary N) is 1. The Morgan fingerprint density at radius 3 is 2.42 bits per heavy atom. The van der Waals surface area contributed by atoms with Crippen molar-refractivity contribution in [2.24, 2.45) is 0 Å². The van der Waals surface area contributed by atoms with Crippen molar-refractivity contribution in [2.45, 2.75) is 12.8 Å². The van der Waals surface area contributed by atoms with Gasteiger partial charge in [-0.1, -0.05) is 11.6 Å². The summed E-state index contributed by atoms with van der Waals surface area (Å²) in [5.41, 5.74) is 0.613. The first-order chi connectivity index (χ1) is 11.6. The van der Waals surface area contributed by atoms with E-state index in [2.05, 4.69) is 5.32 Å². The average Bonchev–Trinajstić information content (AvgIpc) is 2.60. The molecule has 0 fully saturated rings. The number of carbonyl (C=O) groups excluding carboxylic acids is 1. The van der Waals surface area contributed by atoms with Crippen LogP contribution in [0.5, 0.6) is 17.2 Å². The van der Waals surface area contributed by atoms with Crippen LogP contribution in [0.25, 0.3) is 0 Å². The lowest BCUT2D eigenvalue weighted by Crippen LogP contribution is -2.13. The number of ether oxygens (including phenoxy) is 3. The van der Waals surface area contributed by atoms with Crippen LogP contribution >= 0.6 is 11.6 Å². The van der Waals surface area contributed by atoms with Crippen LogP contribution in [0.3, 0.4) is 0 Å². The number of hydrogen-bond acceptors (Lipinski definition) is 4. The largest absolute Gasteiger partial charge is 0.497 e. The summed E-state index contributed by atoms with van der Waals surface area (Å²) in [7, 11) is 3.12. The second-order valence-corrected chi connectivity index (χ2v) is 5.46. The van der Waals surface area contributed by atoms with Crippen molar-refractivity contribution in [1.82, 2.24) is 0 Å². The van der Waals surface area contributed by atoms with Crippen LogP contribution in [0.15, 0.2) is 42.5 Å². The van der Waals surface area contributed by atoms with Gasteiger partial charge < -0.3 is 19.5 Å². The Labute approximate surface area is 146 Å². The Morgan fingerprint density at radius 2 is 1.75 bits per heavy atom. The van der Waals surface area contributed by atoms with Crippen LogP contribution in [0.2, 0.25) is 5.02 Å². The summed E-state index contributed by atoms with van der Waals surface area (Å²) in [5.74, 6) is 1.86. The number of hydrogen-bond donors (Lipinski definition) is 1. The van der Waals surface area contributed by atoms with E-state index in [1.54, 1.807) is 56.7 Å². The number of halogens is 1. The maximum atomic E-state index is 12.0. The third-order valence-electron chi connectivity index (χ3n) is 3.31. The van der Waals surface area contributed by atoms with Crippen LogP contribution in [-0.2, 0) is 4.79 Å². The third kappa shape index (κ3) is 5.35. The highest BCUT2D eigenvalue weighted by molar-refractivity contribution is 6.30. The molecule has 6 heteroatoms. The molecule has 1 amide bonds. The summed E-state index contributed by atoms with van der Waals surface area (Å²) in [6.45, 7) is 0.453. The van der Waals surface area contributed by atoms with Gasteiger partial charge in [0, 0.05) is 17.5 Å². The molecule has 0 saturated carbocycles. The van der Waals surface area contributed by atoms with E-state index in [0.717, 1.165) is 5.75 Å². The van der Waals surface area contributed by atoms with Gasteiger partial charge in [0.15, 0.2) is 0 Å². The van der Waals surface area contributed by atoms with Crippen LogP contribution < -0.4 is 19.5 Å². The van der Waals surface area contributed by atoms with Gasteiger partial charge in [-0.25, -0.2) is 0 Å². The normalized spacial score (nSPS) is 10.1. The van der Waals surface area contributed by atoms with E-state index in [0.29, 0.717) is 41.7 Å². The fraction of sp³-hybridized carbons (Fsp3) is 0.278. The molecule has 0 aromatic heterocycles. The quantitative estimate of drug-likeness (QED) is 0.727. The van der Waals surface area contributed by atoms with E-state index < -0.39 is 0 Å². The highest BCUT2D eigenvalue weighted by Gasteiger charge is 2.09. The van der Waals surface area contributed by atoms with Gasteiger partial charge in [0.25, 0.3) is 0 Å². The number of anilines is 1. The van der Waals surface area contributed by atoms with E-state index >= 15 is 0 Å². The summed E-state index contributed by atoms with van der Waals surface area (Å²) >= 11 is 5.81. The second kappa shape index (κ2) is 9.03. The number of benzene rings is 2. The second-order valence-electron chi connectivity index (χ2n) is 5.02. The predicted molar refractivity (Wildman–Crippen MR) is 94.4 cm³/mol. The lowest BCUT2D eigenvalue weighted by Gasteiger charge is -2.11. The van der Waals surface area contributed by atoms with Crippen molar-refractivity contribution < 1.29 is 19.0 Å². The fourth-order valence-electron chi connectivity index (χ4n) is 2.07. The zero-order valence-corrected chi connectivity index (χ0v) is 14.4. The van der Waals surface area contributed by atoms with Crippen molar-refractivity contribution >= 4 is 23.2 Å². The van der Waals surface area contributed by atoms with Crippen molar-refractivity contribution in [3.63, 3.8) is 0 Å².